The number of hydrazine groups is 1. The van der Waals surface area contributed by atoms with E-state index in [0.29, 0.717) is 22.3 Å². The van der Waals surface area contributed by atoms with E-state index < -0.39 is 0 Å². The van der Waals surface area contributed by atoms with Gasteiger partial charge >= 0.3 is 0 Å². The zero-order chi connectivity index (χ0) is 17.8. The number of aryl methyl sites for hydroxylation is 2. The lowest BCUT2D eigenvalue weighted by Crippen LogP contribution is -2.29. The summed E-state index contributed by atoms with van der Waals surface area (Å²) in [5.41, 5.74) is 9.01. The molecular weight excluding hydrogens is 374 g/mol. The van der Waals surface area contributed by atoms with Crippen LogP contribution in [0, 0.1) is 13.8 Å². The first-order valence-corrected chi connectivity index (χ1v) is 10.0. The molecule has 3 rings (SSSR count). The first-order chi connectivity index (χ1) is 12.0. The van der Waals surface area contributed by atoms with Gasteiger partial charge in [0.1, 0.15) is 0 Å². The second-order valence-corrected chi connectivity index (χ2v) is 8.23. The van der Waals surface area contributed by atoms with Gasteiger partial charge < -0.3 is 0 Å². The summed E-state index contributed by atoms with van der Waals surface area (Å²) in [7, 11) is 0. The largest absolute Gasteiger partial charge is 0.273 e. The van der Waals surface area contributed by atoms with Crippen molar-refractivity contribution in [2.75, 3.05) is 11.2 Å². The monoisotopic (exact) mass is 391 g/mol. The number of nitrogens with one attached hydrogen (secondary N) is 2. The summed E-state index contributed by atoms with van der Waals surface area (Å²) < 4.78 is 1.11. The van der Waals surface area contributed by atoms with E-state index in [9.17, 15) is 4.79 Å². The molecule has 0 bridgehead atoms. The minimum absolute atomic E-state index is 0.0615. The number of rotatable bonds is 6. The summed E-state index contributed by atoms with van der Waals surface area (Å²) in [5, 5.41) is 1.41. The van der Waals surface area contributed by atoms with Crippen molar-refractivity contribution in [2.45, 2.75) is 25.2 Å². The Bertz CT molecular complexity index is 893. The molecule has 1 heterocycles. The number of hydrogen-bond acceptors (Lipinski definition) is 5. The van der Waals surface area contributed by atoms with Gasteiger partial charge in [-0.05, 0) is 55.3 Å². The number of fused-ring (bicyclic) bond motifs is 1. The van der Waals surface area contributed by atoms with E-state index in [4.69, 9.17) is 11.6 Å². The van der Waals surface area contributed by atoms with Crippen LogP contribution < -0.4 is 10.9 Å². The molecule has 0 spiro atoms. The number of thioether (sulfide) groups is 1. The summed E-state index contributed by atoms with van der Waals surface area (Å²) in [4.78, 5) is 17.6. The van der Waals surface area contributed by atoms with Gasteiger partial charge in [0.15, 0.2) is 0 Å². The highest BCUT2D eigenvalue weighted by Gasteiger charge is 2.08. The normalized spacial score (nSPS) is 10.8. The molecule has 0 unspecified atom stereocenters. The third-order valence-electron chi connectivity index (χ3n) is 3.81. The van der Waals surface area contributed by atoms with E-state index in [0.717, 1.165) is 15.1 Å². The van der Waals surface area contributed by atoms with Crippen LogP contribution in [-0.4, -0.2) is 16.6 Å². The van der Waals surface area contributed by atoms with E-state index in [1.54, 1.807) is 11.8 Å². The number of carbonyl (C=O) groups is 1. The maximum atomic E-state index is 12.0. The van der Waals surface area contributed by atoms with Crippen LogP contribution in [0.15, 0.2) is 41.3 Å². The van der Waals surface area contributed by atoms with Crippen LogP contribution in [-0.2, 0) is 4.79 Å². The molecule has 25 heavy (non-hydrogen) atoms. The van der Waals surface area contributed by atoms with Gasteiger partial charge in [-0.25, -0.2) is 4.98 Å². The Hall–Kier alpha value is -1.76. The Morgan fingerprint density at radius 3 is 2.72 bits per heavy atom. The standard InChI is InChI=1S/C18H18ClN3OS2/c1-11-3-8-15-17(12(11)2)20-18(25-15)22-21-16(23)9-10-24-14-6-4-13(19)5-7-14/h3-8H,9-10H2,1-2H3,(H,20,22)(H,21,23). The summed E-state index contributed by atoms with van der Waals surface area (Å²) in [6.45, 7) is 4.13. The third kappa shape index (κ3) is 4.66. The van der Waals surface area contributed by atoms with Crippen molar-refractivity contribution in [1.29, 1.82) is 0 Å². The second kappa shape index (κ2) is 8.08. The predicted octanol–water partition coefficient (Wildman–Crippen LogP) is 5.19. The van der Waals surface area contributed by atoms with E-state index >= 15 is 0 Å². The topological polar surface area (TPSA) is 54.0 Å². The lowest BCUT2D eigenvalue weighted by Gasteiger charge is -2.05. The Morgan fingerprint density at radius 1 is 1.20 bits per heavy atom. The molecule has 0 atom stereocenters. The minimum atomic E-state index is -0.0615. The van der Waals surface area contributed by atoms with E-state index in [1.807, 2.05) is 24.3 Å². The Balaban J connectivity index is 1.49. The van der Waals surface area contributed by atoms with Gasteiger partial charge in [-0.15, -0.1) is 11.8 Å². The molecule has 1 amide bonds. The number of aromatic nitrogens is 1. The Morgan fingerprint density at radius 2 is 1.96 bits per heavy atom. The van der Waals surface area contributed by atoms with Crippen LogP contribution in [0.5, 0.6) is 0 Å². The van der Waals surface area contributed by atoms with E-state index in [2.05, 4.69) is 41.8 Å². The molecule has 0 aliphatic carbocycles. The van der Waals surface area contributed by atoms with Crippen molar-refractivity contribution in [2.24, 2.45) is 0 Å². The fraction of sp³-hybridized carbons (Fsp3) is 0.222. The zero-order valence-electron chi connectivity index (χ0n) is 13.9. The summed E-state index contributed by atoms with van der Waals surface area (Å²) in [6, 6.07) is 11.8. The summed E-state index contributed by atoms with van der Waals surface area (Å²) in [5.74, 6) is 0.640. The lowest BCUT2D eigenvalue weighted by atomic mass is 10.1. The third-order valence-corrected chi connectivity index (χ3v) is 6.01. The van der Waals surface area contributed by atoms with Crippen LogP contribution in [0.1, 0.15) is 17.5 Å². The molecule has 0 saturated heterocycles. The number of anilines is 1. The number of benzene rings is 2. The number of nitrogens with zero attached hydrogens (tertiary/aromatic N) is 1. The molecule has 1 aromatic heterocycles. The van der Waals surface area contributed by atoms with Crippen LogP contribution in [0.25, 0.3) is 10.2 Å². The molecule has 0 fully saturated rings. The highest BCUT2D eigenvalue weighted by Crippen LogP contribution is 2.29. The Labute approximate surface area is 160 Å². The molecule has 130 valence electrons. The maximum absolute atomic E-state index is 12.0. The molecule has 7 heteroatoms. The number of thiazole rings is 1. The van der Waals surface area contributed by atoms with E-state index in [1.165, 1.54) is 22.5 Å². The highest BCUT2D eigenvalue weighted by molar-refractivity contribution is 7.99. The molecule has 0 aliphatic rings. The van der Waals surface area contributed by atoms with E-state index in [-0.39, 0.29) is 5.91 Å². The van der Waals surface area contributed by atoms with Crippen molar-refractivity contribution in [3.05, 3.63) is 52.5 Å². The molecule has 0 aliphatic heterocycles. The van der Waals surface area contributed by atoms with Crippen molar-refractivity contribution < 1.29 is 4.79 Å². The van der Waals surface area contributed by atoms with Gasteiger partial charge in [0, 0.05) is 22.1 Å². The molecule has 4 nitrogen and oxygen atoms in total. The van der Waals surface area contributed by atoms with Crippen LogP contribution in [0.2, 0.25) is 5.02 Å². The minimum Gasteiger partial charge on any atom is -0.273 e. The van der Waals surface area contributed by atoms with Crippen molar-refractivity contribution in [1.82, 2.24) is 10.4 Å². The van der Waals surface area contributed by atoms with Crippen LogP contribution in [0.4, 0.5) is 5.13 Å². The van der Waals surface area contributed by atoms with Gasteiger partial charge in [-0.2, -0.15) is 0 Å². The molecule has 3 aromatic rings. The van der Waals surface area contributed by atoms with Gasteiger partial charge in [0.25, 0.3) is 0 Å². The molecule has 2 aromatic carbocycles. The average Bonchev–Trinajstić information content (AvgIpc) is 3.02. The SMILES string of the molecule is Cc1ccc2sc(NNC(=O)CCSc3ccc(Cl)cc3)nc2c1C. The molecule has 2 N–H and O–H groups in total. The van der Waals surface area contributed by atoms with Crippen LogP contribution >= 0.6 is 34.7 Å². The molecular formula is C18H18ClN3OS2. The Kier molecular flexibility index (Phi) is 5.83. The maximum Gasteiger partial charge on any atom is 0.239 e. The number of amides is 1. The van der Waals surface area contributed by atoms with Gasteiger partial charge in [0.2, 0.25) is 11.0 Å². The number of carbonyl (C=O) groups excluding carboxylic acids is 1. The fourth-order valence-corrected chi connectivity index (χ4v) is 4.11. The molecule has 0 saturated carbocycles. The first-order valence-electron chi connectivity index (χ1n) is 7.83. The summed E-state index contributed by atoms with van der Waals surface area (Å²) in [6.07, 6.45) is 0.420. The van der Waals surface area contributed by atoms with Gasteiger partial charge in [-0.3, -0.25) is 15.6 Å². The van der Waals surface area contributed by atoms with Crippen molar-refractivity contribution in [3.63, 3.8) is 0 Å². The first kappa shape index (κ1) is 18.0. The van der Waals surface area contributed by atoms with Gasteiger partial charge in [0.05, 0.1) is 10.2 Å². The number of halogens is 1. The molecule has 0 radical (unpaired) electrons. The number of hydrogen-bond donors (Lipinski definition) is 2. The summed E-state index contributed by atoms with van der Waals surface area (Å²) >= 11 is 9.01. The van der Waals surface area contributed by atoms with Gasteiger partial charge in [-0.1, -0.05) is 29.0 Å². The van der Waals surface area contributed by atoms with Crippen LogP contribution in [0.3, 0.4) is 0 Å². The zero-order valence-corrected chi connectivity index (χ0v) is 16.3. The fourth-order valence-electron chi connectivity index (χ4n) is 2.26. The smallest absolute Gasteiger partial charge is 0.239 e. The van der Waals surface area contributed by atoms with Crippen molar-refractivity contribution >= 4 is 56.0 Å². The quantitative estimate of drug-likeness (QED) is 0.448. The average molecular weight is 392 g/mol. The predicted molar refractivity (Wildman–Crippen MR) is 108 cm³/mol. The highest BCUT2D eigenvalue weighted by atomic mass is 35.5. The second-order valence-electron chi connectivity index (χ2n) is 5.60. The lowest BCUT2D eigenvalue weighted by molar-refractivity contribution is -0.120. The van der Waals surface area contributed by atoms with Crippen molar-refractivity contribution in [3.8, 4) is 0 Å².